The fraction of sp³-hybridized carbons (Fsp3) is 0.857. The first-order valence-corrected chi connectivity index (χ1v) is 7.01. The van der Waals surface area contributed by atoms with Crippen molar-refractivity contribution in [2.45, 2.75) is 44.1 Å². The molecular weight excluding hydrogens is 246 g/mol. The zero-order valence-corrected chi connectivity index (χ0v) is 11.8. The molecule has 1 aliphatic heterocycles. The largest absolute Gasteiger partial charge is 0.469 e. The van der Waals surface area contributed by atoms with E-state index in [0.29, 0.717) is 13.0 Å². The van der Waals surface area contributed by atoms with Crippen LogP contribution in [0.5, 0.6) is 0 Å². The molecule has 1 amide bonds. The summed E-state index contributed by atoms with van der Waals surface area (Å²) in [7, 11) is 3.08. The summed E-state index contributed by atoms with van der Waals surface area (Å²) in [5, 5.41) is 0. The van der Waals surface area contributed by atoms with Gasteiger partial charge in [-0.25, -0.2) is 0 Å². The van der Waals surface area contributed by atoms with Crippen LogP contribution in [0.4, 0.5) is 0 Å². The summed E-state index contributed by atoms with van der Waals surface area (Å²) in [4.78, 5) is 25.7. The van der Waals surface area contributed by atoms with Gasteiger partial charge in [0.15, 0.2) is 0 Å². The van der Waals surface area contributed by atoms with Gasteiger partial charge in [0.25, 0.3) is 0 Å². The molecule has 5 heteroatoms. The van der Waals surface area contributed by atoms with Crippen molar-refractivity contribution in [2.24, 2.45) is 5.92 Å². The fourth-order valence-electron chi connectivity index (χ4n) is 2.97. The van der Waals surface area contributed by atoms with Crippen molar-refractivity contribution in [3.05, 3.63) is 0 Å². The summed E-state index contributed by atoms with van der Waals surface area (Å²) in [6, 6.07) is 0. The normalized spacial score (nSPS) is 25.6. The van der Waals surface area contributed by atoms with Crippen LogP contribution in [0, 0.1) is 5.92 Å². The lowest BCUT2D eigenvalue weighted by Gasteiger charge is -2.42. The Kier molecular flexibility index (Phi) is 4.45. The molecule has 2 fully saturated rings. The molecule has 1 aliphatic carbocycles. The number of methoxy groups -OCH3 is 2. The van der Waals surface area contributed by atoms with E-state index in [1.807, 2.05) is 0 Å². The molecule has 5 nitrogen and oxygen atoms in total. The Bertz CT molecular complexity index is 346. The highest BCUT2D eigenvalue weighted by atomic mass is 16.5. The van der Waals surface area contributed by atoms with Crippen molar-refractivity contribution in [3.8, 4) is 0 Å². The highest BCUT2D eigenvalue weighted by Crippen LogP contribution is 2.38. The smallest absolute Gasteiger partial charge is 0.310 e. The predicted octanol–water partition coefficient (Wildman–Crippen LogP) is 1.36. The molecule has 108 valence electrons. The number of esters is 1. The van der Waals surface area contributed by atoms with Crippen molar-refractivity contribution < 1.29 is 19.1 Å². The first-order valence-electron chi connectivity index (χ1n) is 7.01. The molecule has 1 atom stereocenters. The van der Waals surface area contributed by atoms with Crippen LogP contribution in [0.2, 0.25) is 0 Å². The average Bonchev–Trinajstić information content (AvgIpc) is 2.41. The third-order valence-electron chi connectivity index (χ3n) is 4.48. The SMILES string of the molecule is COC(=O)C1CCCN(C(=O)CC2(OC)CCC2)C1. The molecule has 0 N–H and O–H groups in total. The summed E-state index contributed by atoms with van der Waals surface area (Å²) in [5.74, 6) is -0.264. The van der Waals surface area contributed by atoms with E-state index in [1.165, 1.54) is 7.11 Å². The minimum Gasteiger partial charge on any atom is -0.469 e. The van der Waals surface area contributed by atoms with Crippen LogP contribution in [0.15, 0.2) is 0 Å². The summed E-state index contributed by atoms with van der Waals surface area (Å²) in [5.41, 5.74) is -0.241. The average molecular weight is 269 g/mol. The second-order valence-corrected chi connectivity index (χ2v) is 5.62. The molecule has 0 aromatic heterocycles. The maximum absolute atomic E-state index is 12.3. The van der Waals surface area contributed by atoms with E-state index in [9.17, 15) is 9.59 Å². The molecule has 1 heterocycles. The number of carbonyl (C=O) groups excluding carboxylic acids is 2. The Morgan fingerprint density at radius 2 is 2.00 bits per heavy atom. The zero-order valence-electron chi connectivity index (χ0n) is 11.8. The number of rotatable bonds is 4. The van der Waals surface area contributed by atoms with Gasteiger partial charge in [0.05, 0.1) is 25.0 Å². The lowest BCUT2D eigenvalue weighted by Crippen LogP contribution is -2.48. The van der Waals surface area contributed by atoms with Crippen LogP contribution in [0.3, 0.4) is 0 Å². The lowest BCUT2D eigenvalue weighted by atomic mass is 9.77. The van der Waals surface area contributed by atoms with Gasteiger partial charge in [0.1, 0.15) is 0 Å². The van der Waals surface area contributed by atoms with Crippen LogP contribution < -0.4 is 0 Å². The Balaban J connectivity index is 1.90. The quantitative estimate of drug-likeness (QED) is 0.723. The third kappa shape index (κ3) is 3.08. The first kappa shape index (κ1) is 14.3. The van der Waals surface area contributed by atoms with E-state index in [1.54, 1.807) is 12.0 Å². The Morgan fingerprint density at radius 1 is 1.26 bits per heavy atom. The van der Waals surface area contributed by atoms with Crippen LogP contribution >= 0.6 is 0 Å². The van der Waals surface area contributed by atoms with Gasteiger partial charge in [0, 0.05) is 20.2 Å². The molecule has 0 aromatic carbocycles. The monoisotopic (exact) mass is 269 g/mol. The fourth-order valence-corrected chi connectivity index (χ4v) is 2.97. The van der Waals surface area contributed by atoms with Gasteiger partial charge in [-0.15, -0.1) is 0 Å². The Morgan fingerprint density at radius 3 is 2.53 bits per heavy atom. The number of carbonyl (C=O) groups is 2. The summed E-state index contributed by atoms with van der Waals surface area (Å²) in [6.45, 7) is 1.23. The standard InChI is InChI=1S/C14H23NO4/c1-18-13(17)11-5-3-8-15(10-11)12(16)9-14(19-2)6-4-7-14/h11H,3-10H2,1-2H3. The summed E-state index contributed by atoms with van der Waals surface area (Å²) >= 11 is 0. The minimum atomic E-state index is -0.241. The maximum Gasteiger partial charge on any atom is 0.310 e. The maximum atomic E-state index is 12.3. The molecule has 0 bridgehead atoms. The number of ether oxygens (including phenoxy) is 2. The van der Waals surface area contributed by atoms with Crippen molar-refractivity contribution in [1.29, 1.82) is 0 Å². The van der Waals surface area contributed by atoms with Crippen molar-refractivity contribution >= 4 is 11.9 Å². The van der Waals surface area contributed by atoms with Crippen molar-refractivity contribution in [1.82, 2.24) is 4.90 Å². The Hall–Kier alpha value is -1.10. The molecule has 0 aromatic rings. The second-order valence-electron chi connectivity index (χ2n) is 5.62. The topological polar surface area (TPSA) is 55.8 Å². The number of likely N-dealkylation sites (tertiary alicyclic amines) is 1. The summed E-state index contributed by atoms with van der Waals surface area (Å²) < 4.78 is 10.3. The van der Waals surface area contributed by atoms with E-state index >= 15 is 0 Å². The van der Waals surface area contributed by atoms with E-state index in [4.69, 9.17) is 9.47 Å². The molecule has 1 saturated carbocycles. The molecule has 19 heavy (non-hydrogen) atoms. The van der Waals surface area contributed by atoms with Crippen molar-refractivity contribution in [2.75, 3.05) is 27.3 Å². The van der Waals surface area contributed by atoms with Gasteiger partial charge in [-0.3, -0.25) is 9.59 Å². The van der Waals surface area contributed by atoms with Gasteiger partial charge in [-0.05, 0) is 32.1 Å². The highest BCUT2D eigenvalue weighted by molar-refractivity contribution is 5.79. The number of hydrogen-bond acceptors (Lipinski definition) is 4. The number of piperidine rings is 1. The van der Waals surface area contributed by atoms with Gasteiger partial charge in [-0.2, -0.15) is 0 Å². The molecule has 1 saturated heterocycles. The highest BCUT2D eigenvalue weighted by Gasteiger charge is 2.41. The molecule has 1 unspecified atom stereocenters. The van der Waals surface area contributed by atoms with E-state index < -0.39 is 0 Å². The van der Waals surface area contributed by atoms with Gasteiger partial charge in [-0.1, -0.05) is 0 Å². The van der Waals surface area contributed by atoms with Gasteiger partial charge < -0.3 is 14.4 Å². The number of amides is 1. The zero-order chi connectivity index (χ0) is 13.9. The van der Waals surface area contributed by atoms with Gasteiger partial charge >= 0.3 is 5.97 Å². The van der Waals surface area contributed by atoms with Crippen molar-refractivity contribution in [3.63, 3.8) is 0 Å². The molecule has 2 rings (SSSR count). The van der Waals surface area contributed by atoms with E-state index in [2.05, 4.69) is 0 Å². The molecule has 0 spiro atoms. The Labute approximate surface area is 114 Å². The first-order chi connectivity index (χ1) is 9.10. The van der Waals surface area contributed by atoms with Crippen LogP contribution in [-0.4, -0.2) is 49.7 Å². The number of nitrogens with zero attached hydrogens (tertiary/aromatic N) is 1. The molecule has 2 aliphatic rings. The van der Waals surface area contributed by atoms with E-state index in [0.717, 1.165) is 38.6 Å². The van der Waals surface area contributed by atoms with E-state index in [-0.39, 0.29) is 23.4 Å². The predicted molar refractivity (Wildman–Crippen MR) is 69.5 cm³/mol. The molecular formula is C14H23NO4. The number of hydrogen-bond donors (Lipinski definition) is 0. The van der Waals surface area contributed by atoms with Crippen LogP contribution in [-0.2, 0) is 19.1 Å². The van der Waals surface area contributed by atoms with Gasteiger partial charge in [0.2, 0.25) is 5.91 Å². The van der Waals surface area contributed by atoms with Crippen LogP contribution in [0.1, 0.15) is 38.5 Å². The molecule has 0 radical (unpaired) electrons. The third-order valence-corrected chi connectivity index (χ3v) is 4.48. The van der Waals surface area contributed by atoms with Crippen LogP contribution in [0.25, 0.3) is 0 Å². The second kappa shape index (κ2) is 5.90. The lowest BCUT2D eigenvalue weighted by molar-refractivity contribution is -0.152. The summed E-state index contributed by atoms with van der Waals surface area (Å²) in [6.07, 6.45) is 5.17. The minimum absolute atomic E-state index is 0.107.